The molecule has 0 saturated carbocycles. The minimum absolute atomic E-state index is 0.0474. The Morgan fingerprint density at radius 3 is 3.16 bits per heavy atom. The van der Waals surface area contributed by atoms with Gasteiger partial charge >= 0.3 is 0 Å². The summed E-state index contributed by atoms with van der Waals surface area (Å²) in [5, 5.41) is 6.56. The van der Waals surface area contributed by atoms with Crippen molar-refractivity contribution < 1.29 is 9.53 Å². The molecule has 3 nitrogen and oxygen atoms in total. The van der Waals surface area contributed by atoms with Gasteiger partial charge in [0.2, 0.25) is 0 Å². The van der Waals surface area contributed by atoms with Crippen molar-refractivity contribution in [1.29, 1.82) is 0 Å². The lowest BCUT2D eigenvalue weighted by atomic mass is 10.0. The smallest absolute Gasteiger partial charge is 0.139 e. The zero-order valence-electron chi connectivity index (χ0n) is 10.7. The molecule has 1 aromatic heterocycles. The van der Waals surface area contributed by atoms with Crippen LogP contribution in [0.4, 0.5) is 0 Å². The first-order valence-electron chi connectivity index (χ1n) is 6.62. The van der Waals surface area contributed by atoms with Crippen LogP contribution in [0.15, 0.2) is 29.6 Å². The van der Waals surface area contributed by atoms with Gasteiger partial charge in [-0.3, -0.25) is 4.79 Å². The number of ether oxygens (including phenoxy) is 1. The summed E-state index contributed by atoms with van der Waals surface area (Å²) in [6.45, 7) is 2.38. The molecule has 4 heteroatoms. The largest absolute Gasteiger partial charge is 0.375 e. The Balaban J connectivity index is 1.65. The number of hydrogen-bond donors (Lipinski definition) is 1. The van der Waals surface area contributed by atoms with Crippen molar-refractivity contribution in [3.63, 3.8) is 0 Å². The van der Waals surface area contributed by atoms with E-state index in [9.17, 15) is 4.79 Å². The highest BCUT2D eigenvalue weighted by molar-refractivity contribution is 7.17. The predicted molar refractivity (Wildman–Crippen MR) is 77.8 cm³/mol. The highest BCUT2D eigenvalue weighted by atomic mass is 32.1. The van der Waals surface area contributed by atoms with Gasteiger partial charge in [0, 0.05) is 30.6 Å². The third-order valence-electron chi connectivity index (χ3n) is 3.41. The molecule has 1 atom stereocenters. The monoisotopic (exact) mass is 275 g/mol. The maximum Gasteiger partial charge on any atom is 0.139 e. The SMILES string of the molecule is O=C(Cc1csc2ccccc12)CC1CNCCO1. The molecule has 19 heavy (non-hydrogen) atoms. The highest BCUT2D eigenvalue weighted by Crippen LogP contribution is 2.26. The summed E-state index contributed by atoms with van der Waals surface area (Å²) in [5.41, 5.74) is 1.15. The first-order chi connectivity index (χ1) is 9.33. The molecular weight excluding hydrogens is 258 g/mol. The minimum Gasteiger partial charge on any atom is -0.375 e. The van der Waals surface area contributed by atoms with E-state index in [0.717, 1.165) is 18.7 Å². The Morgan fingerprint density at radius 2 is 2.32 bits per heavy atom. The number of carbonyl (C=O) groups excluding carboxylic acids is 1. The molecule has 1 aliphatic rings. The van der Waals surface area contributed by atoms with Crippen LogP contribution in [0.25, 0.3) is 10.1 Å². The van der Waals surface area contributed by atoms with Gasteiger partial charge in [0.1, 0.15) is 5.78 Å². The summed E-state index contributed by atoms with van der Waals surface area (Å²) in [5.74, 6) is 0.261. The van der Waals surface area contributed by atoms with Crippen LogP contribution in [-0.4, -0.2) is 31.6 Å². The maximum atomic E-state index is 12.1. The van der Waals surface area contributed by atoms with Crippen LogP contribution >= 0.6 is 11.3 Å². The average Bonchev–Trinajstić information content (AvgIpc) is 2.83. The van der Waals surface area contributed by atoms with Crippen LogP contribution in [-0.2, 0) is 16.0 Å². The molecule has 1 saturated heterocycles. The number of rotatable bonds is 4. The molecule has 0 aliphatic carbocycles. The molecule has 100 valence electrons. The second-order valence-electron chi connectivity index (χ2n) is 4.87. The van der Waals surface area contributed by atoms with E-state index in [1.54, 1.807) is 11.3 Å². The molecule has 0 bridgehead atoms. The molecule has 1 fully saturated rings. The number of fused-ring (bicyclic) bond motifs is 1. The second-order valence-corrected chi connectivity index (χ2v) is 5.78. The van der Waals surface area contributed by atoms with Crippen molar-refractivity contribution in [3.8, 4) is 0 Å². The summed E-state index contributed by atoms with van der Waals surface area (Å²) in [6, 6.07) is 8.25. The van der Waals surface area contributed by atoms with Crippen LogP contribution in [0.1, 0.15) is 12.0 Å². The lowest BCUT2D eigenvalue weighted by molar-refractivity contribution is -0.121. The molecule has 1 aromatic carbocycles. The third-order valence-corrected chi connectivity index (χ3v) is 4.42. The number of Topliss-reactive ketones (excluding diaryl/α,β-unsaturated/α-hetero) is 1. The zero-order valence-corrected chi connectivity index (χ0v) is 11.5. The maximum absolute atomic E-state index is 12.1. The van der Waals surface area contributed by atoms with Gasteiger partial charge in [-0.15, -0.1) is 11.3 Å². The summed E-state index contributed by atoms with van der Waals surface area (Å²) >= 11 is 1.71. The fourth-order valence-corrected chi connectivity index (χ4v) is 3.42. The third kappa shape index (κ3) is 3.03. The highest BCUT2D eigenvalue weighted by Gasteiger charge is 2.18. The van der Waals surface area contributed by atoms with Gasteiger partial charge in [-0.1, -0.05) is 18.2 Å². The van der Waals surface area contributed by atoms with Gasteiger partial charge in [-0.2, -0.15) is 0 Å². The summed E-state index contributed by atoms with van der Waals surface area (Å²) in [6.07, 6.45) is 1.08. The van der Waals surface area contributed by atoms with Gasteiger partial charge in [-0.05, 0) is 22.4 Å². The van der Waals surface area contributed by atoms with Gasteiger partial charge in [-0.25, -0.2) is 0 Å². The number of benzene rings is 1. The quantitative estimate of drug-likeness (QED) is 0.931. The van der Waals surface area contributed by atoms with Gasteiger partial charge in [0.25, 0.3) is 0 Å². The lowest BCUT2D eigenvalue weighted by Crippen LogP contribution is -2.39. The van der Waals surface area contributed by atoms with E-state index in [-0.39, 0.29) is 11.9 Å². The average molecular weight is 275 g/mol. The molecule has 2 aromatic rings. The first-order valence-corrected chi connectivity index (χ1v) is 7.50. The zero-order chi connectivity index (χ0) is 13.1. The van der Waals surface area contributed by atoms with Gasteiger partial charge in [0.05, 0.1) is 12.7 Å². The Bertz CT molecular complexity index is 572. The fourth-order valence-electron chi connectivity index (χ4n) is 2.46. The molecule has 0 amide bonds. The molecule has 1 N–H and O–H groups in total. The van der Waals surface area contributed by atoms with Crippen LogP contribution in [0.2, 0.25) is 0 Å². The van der Waals surface area contributed by atoms with Crippen LogP contribution in [0.5, 0.6) is 0 Å². The van der Waals surface area contributed by atoms with Crippen molar-refractivity contribution in [2.75, 3.05) is 19.7 Å². The number of nitrogens with one attached hydrogen (secondary N) is 1. The Morgan fingerprint density at radius 1 is 1.42 bits per heavy atom. The van der Waals surface area contributed by atoms with Crippen LogP contribution in [0.3, 0.4) is 0 Å². The molecule has 0 spiro atoms. The van der Waals surface area contributed by atoms with E-state index in [1.165, 1.54) is 10.1 Å². The van der Waals surface area contributed by atoms with Gasteiger partial charge < -0.3 is 10.1 Å². The fraction of sp³-hybridized carbons (Fsp3) is 0.400. The number of thiophene rings is 1. The van der Waals surface area contributed by atoms with Crippen molar-refractivity contribution in [3.05, 3.63) is 35.2 Å². The standard InChI is InChI=1S/C15H17NO2S/c17-12(8-13-9-16-5-6-18-13)7-11-10-19-15-4-2-1-3-14(11)15/h1-4,10,13,16H,5-9H2. The van der Waals surface area contributed by atoms with E-state index in [2.05, 4.69) is 22.8 Å². The van der Waals surface area contributed by atoms with Crippen molar-refractivity contribution in [2.24, 2.45) is 0 Å². The van der Waals surface area contributed by atoms with Crippen molar-refractivity contribution >= 4 is 27.2 Å². The second kappa shape index (κ2) is 5.82. The number of hydrogen-bond acceptors (Lipinski definition) is 4. The summed E-state index contributed by atoms with van der Waals surface area (Å²) < 4.78 is 6.83. The Labute approximate surface area is 116 Å². The van der Waals surface area contributed by atoms with E-state index >= 15 is 0 Å². The molecule has 3 rings (SSSR count). The normalized spacial score (nSPS) is 19.7. The van der Waals surface area contributed by atoms with Crippen molar-refractivity contribution in [2.45, 2.75) is 18.9 Å². The Hall–Kier alpha value is -1.23. The van der Waals surface area contributed by atoms with Crippen LogP contribution in [0, 0.1) is 0 Å². The molecule has 2 heterocycles. The van der Waals surface area contributed by atoms with Crippen molar-refractivity contribution in [1.82, 2.24) is 5.32 Å². The minimum atomic E-state index is 0.0474. The number of ketones is 1. The number of carbonyl (C=O) groups is 1. The molecule has 1 unspecified atom stereocenters. The van der Waals surface area contributed by atoms with E-state index in [4.69, 9.17) is 4.74 Å². The molecular formula is C15H17NO2S. The summed E-state index contributed by atoms with van der Waals surface area (Å²) in [7, 11) is 0. The Kier molecular flexibility index (Phi) is 3.92. The first kappa shape index (κ1) is 12.8. The molecule has 1 aliphatic heterocycles. The van der Waals surface area contributed by atoms with Gasteiger partial charge in [0.15, 0.2) is 0 Å². The summed E-state index contributed by atoms with van der Waals surface area (Å²) in [4.78, 5) is 12.1. The predicted octanol–water partition coefficient (Wildman–Crippen LogP) is 2.39. The van der Waals surface area contributed by atoms with E-state index in [1.807, 2.05) is 12.1 Å². The topological polar surface area (TPSA) is 38.3 Å². The molecule has 0 radical (unpaired) electrons. The lowest BCUT2D eigenvalue weighted by Gasteiger charge is -2.22. The van der Waals surface area contributed by atoms with Crippen LogP contribution < -0.4 is 5.32 Å². The number of morpholine rings is 1. The van der Waals surface area contributed by atoms with E-state index < -0.39 is 0 Å². The van der Waals surface area contributed by atoms with E-state index in [0.29, 0.717) is 19.4 Å².